The molecule has 2 heterocycles. The van der Waals surface area contributed by atoms with Gasteiger partial charge in [0.15, 0.2) is 5.82 Å². The number of rotatable bonds is 6. The van der Waals surface area contributed by atoms with Gasteiger partial charge in [-0.2, -0.15) is 0 Å². The lowest BCUT2D eigenvalue weighted by Gasteiger charge is -2.35. The maximum Gasteiger partial charge on any atom is 0.272 e. The minimum Gasteiger partial charge on any atom is -0.366 e. The molecule has 0 spiro atoms. The molecule has 2 aromatic rings. The Kier molecular flexibility index (Phi) is 6.00. The smallest absolute Gasteiger partial charge is 0.272 e. The molecule has 1 aliphatic heterocycles. The average Bonchev–Trinajstić information content (AvgIpc) is 2.72. The highest BCUT2D eigenvalue weighted by atomic mass is 16.2. The Morgan fingerprint density at radius 3 is 2.85 bits per heavy atom. The summed E-state index contributed by atoms with van der Waals surface area (Å²) in [5.74, 6) is 1.21. The lowest BCUT2D eigenvalue weighted by Crippen LogP contribution is -2.43. The summed E-state index contributed by atoms with van der Waals surface area (Å²) in [7, 11) is 0. The Morgan fingerprint density at radius 1 is 1.31 bits per heavy atom. The van der Waals surface area contributed by atoms with E-state index in [1.165, 1.54) is 6.42 Å². The molecule has 3 rings (SSSR count). The molecular weight excluding hydrogens is 324 g/mol. The van der Waals surface area contributed by atoms with E-state index < -0.39 is 0 Å². The highest BCUT2D eigenvalue weighted by molar-refractivity contribution is 5.93. The molecular formula is C21H26N4O. The normalized spacial score (nSPS) is 17.0. The largest absolute Gasteiger partial charge is 0.366 e. The number of anilines is 1. The lowest BCUT2D eigenvalue weighted by molar-refractivity contribution is 0.0602. The van der Waals surface area contributed by atoms with Crippen molar-refractivity contribution in [2.24, 2.45) is 0 Å². The van der Waals surface area contributed by atoms with Crippen LogP contribution in [0.3, 0.4) is 0 Å². The molecule has 1 unspecified atom stereocenters. The molecule has 1 saturated heterocycles. The van der Waals surface area contributed by atoms with Crippen molar-refractivity contribution in [3.8, 4) is 11.4 Å². The maximum atomic E-state index is 13.2. The third kappa shape index (κ3) is 4.10. The van der Waals surface area contributed by atoms with Crippen LogP contribution in [0.25, 0.3) is 11.4 Å². The van der Waals surface area contributed by atoms with Gasteiger partial charge in [0.05, 0.1) is 0 Å². The third-order valence-electron chi connectivity index (χ3n) is 4.76. The van der Waals surface area contributed by atoms with Gasteiger partial charge < -0.3 is 10.2 Å². The Morgan fingerprint density at radius 2 is 2.12 bits per heavy atom. The molecule has 5 nitrogen and oxygen atoms in total. The fourth-order valence-corrected chi connectivity index (χ4v) is 3.38. The van der Waals surface area contributed by atoms with Gasteiger partial charge >= 0.3 is 0 Å². The Bertz CT molecular complexity index is 760. The molecule has 1 aliphatic rings. The van der Waals surface area contributed by atoms with Crippen LogP contribution in [0.2, 0.25) is 0 Å². The highest BCUT2D eigenvalue weighted by Gasteiger charge is 2.27. The van der Waals surface area contributed by atoms with Crippen LogP contribution in [0.4, 0.5) is 5.82 Å². The number of piperidine rings is 1. The van der Waals surface area contributed by atoms with Gasteiger partial charge in [0.1, 0.15) is 11.5 Å². The van der Waals surface area contributed by atoms with Crippen LogP contribution in [0.5, 0.6) is 0 Å². The van der Waals surface area contributed by atoms with Crippen molar-refractivity contribution in [3.05, 3.63) is 54.7 Å². The fourth-order valence-electron chi connectivity index (χ4n) is 3.38. The van der Waals surface area contributed by atoms with Crippen LogP contribution in [0, 0.1) is 0 Å². The van der Waals surface area contributed by atoms with Crippen molar-refractivity contribution in [2.45, 2.75) is 38.6 Å². The number of nitrogens with zero attached hydrogens (tertiary/aromatic N) is 3. The van der Waals surface area contributed by atoms with Gasteiger partial charge in [-0.05, 0) is 25.7 Å². The van der Waals surface area contributed by atoms with Gasteiger partial charge in [-0.25, -0.2) is 9.97 Å². The van der Waals surface area contributed by atoms with Crippen LogP contribution in [0.15, 0.2) is 49.1 Å². The standard InChI is InChI=1S/C21H26N4O/c1-3-13-22-19-15-18(21(26)25-14-9-8-12-17(25)4-2)23-20(24-19)16-10-6-5-7-11-16/h3,5-7,10-11,15,17H,1,4,8-9,12-14H2,2H3,(H,22,23,24). The number of benzene rings is 1. The van der Waals surface area contributed by atoms with E-state index in [9.17, 15) is 4.79 Å². The number of carbonyl (C=O) groups is 1. The quantitative estimate of drug-likeness (QED) is 0.795. The van der Waals surface area contributed by atoms with E-state index in [0.29, 0.717) is 29.9 Å². The van der Waals surface area contributed by atoms with Crippen LogP contribution in [0.1, 0.15) is 43.1 Å². The molecule has 1 atom stereocenters. The van der Waals surface area contributed by atoms with E-state index in [1.807, 2.05) is 35.2 Å². The van der Waals surface area contributed by atoms with E-state index in [4.69, 9.17) is 0 Å². The first kappa shape index (κ1) is 18.1. The van der Waals surface area contributed by atoms with E-state index in [-0.39, 0.29) is 5.91 Å². The molecule has 1 fully saturated rings. The van der Waals surface area contributed by atoms with E-state index >= 15 is 0 Å². The zero-order valence-electron chi connectivity index (χ0n) is 15.3. The Balaban J connectivity index is 1.96. The molecule has 0 bridgehead atoms. The zero-order valence-corrected chi connectivity index (χ0v) is 15.3. The van der Waals surface area contributed by atoms with Crippen molar-refractivity contribution < 1.29 is 4.79 Å². The molecule has 1 aromatic heterocycles. The first-order valence-electron chi connectivity index (χ1n) is 9.33. The van der Waals surface area contributed by atoms with Crippen molar-refractivity contribution in [1.29, 1.82) is 0 Å². The van der Waals surface area contributed by atoms with Crippen molar-refractivity contribution >= 4 is 11.7 Å². The molecule has 0 radical (unpaired) electrons. The van der Waals surface area contributed by atoms with Gasteiger partial charge in [0.2, 0.25) is 0 Å². The van der Waals surface area contributed by atoms with Crippen molar-refractivity contribution in [3.63, 3.8) is 0 Å². The second-order valence-corrected chi connectivity index (χ2v) is 6.55. The number of hydrogen-bond donors (Lipinski definition) is 1. The number of likely N-dealkylation sites (tertiary alicyclic amines) is 1. The SMILES string of the molecule is C=CCNc1cc(C(=O)N2CCCCC2CC)nc(-c2ccccc2)n1. The summed E-state index contributed by atoms with van der Waals surface area (Å²) in [6.07, 6.45) is 6.06. The number of amides is 1. The fraction of sp³-hybridized carbons (Fsp3) is 0.381. The summed E-state index contributed by atoms with van der Waals surface area (Å²) in [4.78, 5) is 24.3. The summed E-state index contributed by atoms with van der Waals surface area (Å²) in [6.45, 7) is 7.26. The predicted octanol–water partition coefficient (Wildman–Crippen LogP) is 4.15. The van der Waals surface area contributed by atoms with E-state index in [0.717, 1.165) is 31.4 Å². The molecule has 1 N–H and O–H groups in total. The van der Waals surface area contributed by atoms with Crippen molar-refractivity contribution in [2.75, 3.05) is 18.4 Å². The Hall–Kier alpha value is -2.69. The first-order valence-corrected chi connectivity index (χ1v) is 9.33. The minimum absolute atomic E-state index is 0.00205. The molecule has 0 aliphatic carbocycles. The first-order chi connectivity index (χ1) is 12.7. The van der Waals surface area contributed by atoms with E-state index in [1.54, 1.807) is 12.1 Å². The second kappa shape index (κ2) is 8.61. The highest BCUT2D eigenvalue weighted by Crippen LogP contribution is 2.23. The molecule has 26 heavy (non-hydrogen) atoms. The molecule has 1 aromatic carbocycles. The third-order valence-corrected chi connectivity index (χ3v) is 4.76. The number of aromatic nitrogens is 2. The maximum absolute atomic E-state index is 13.2. The summed E-state index contributed by atoms with van der Waals surface area (Å²) >= 11 is 0. The average molecular weight is 350 g/mol. The van der Waals surface area contributed by atoms with Gasteiger partial charge in [-0.3, -0.25) is 4.79 Å². The van der Waals surface area contributed by atoms with Crippen LogP contribution in [-0.4, -0.2) is 39.9 Å². The predicted molar refractivity (Wildman–Crippen MR) is 105 cm³/mol. The molecule has 1 amide bonds. The summed E-state index contributed by atoms with van der Waals surface area (Å²) < 4.78 is 0. The van der Waals surface area contributed by atoms with Crippen LogP contribution < -0.4 is 5.32 Å². The molecule has 5 heteroatoms. The van der Waals surface area contributed by atoms with Gasteiger partial charge in [0.25, 0.3) is 5.91 Å². The molecule has 136 valence electrons. The monoisotopic (exact) mass is 350 g/mol. The summed E-state index contributed by atoms with van der Waals surface area (Å²) in [6, 6.07) is 11.8. The second-order valence-electron chi connectivity index (χ2n) is 6.55. The number of hydrogen-bond acceptors (Lipinski definition) is 4. The molecule has 0 saturated carbocycles. The topological polar surface area (TPSA) is 58.1 Å². The van der Waals surface area contributed by atoms with Gasteiger partial charge in [0, 0.05) is 30.8 Å². The summed E-state index contributed by atoms with van der Waals surface area (Å²) in [5.41, 5.74) is 1.35. The zero-order chi connectivity index (χ0) is 18.4. The minimum atomic E-state index is -0.00205. The number of carbonyl (C=O) groups excluding carboxylic acids is 1. The van der Waals surface area contributed by atoms with Crippen molar-refractivity contribution in [1.82, 2.24) is 14.9 Å². The Labute approximate surface area is 155 Å². The van der Waals surface area contributed by atoms with Crippen LogP contribution in [-0.2, 0) is 0 Å². The summed E-state index contributed by atoms with van der Waals surface area (Å²) in [5, 5.41) is 3.19. The van der Waals surface area contributed by atoms with E-state index in [2.05, 4.69) is 28.8 Å². The lowest BCUT2D eigenvalue weighted by atomic mass is 9.99. The number of nitrogens with one attached hydrogen (secondary N) is 1. The van der Waals surface area contributed by atoms with Gasteiger partial charge in [-0.1, -0.05) is 43.3 Å². The van der Waals surface area contributed by atoms with Gasteiger partial charge in [-0.15, -0.1) is 6.58 Å². The van der Waals surface area contributed by atoms with Crippen LogP contribution >= 0.6 is 0 Å².